The molecule has 7 heteroatoms. The molecule has 0 saturated carbocycles. The summed E-state index contributed by atoms with van der Waals surface area (Å²) in [6.07, 6.45) is 2.11. The number of carbonyl (C=O) groups excluding carboxylic acids is 1. The van der Waals surface area contributed by atoms with Gasteiger partial charge in [0.2, 0.25) is 0 Å². The molecule has 126 valence electrons. The van der Waals surface area contributed by atoms with E-state index in [4.69, 9.17) is 25.8 Å². The molecule has 0 aliphatic heterocycles. The number of nitrogens with one attached hydrogen (secondary N) is 1. The van der Waals surface area contributed by atoms with Gasteiger partial charge in [-0.1, -0.05) is 23.4 Å². The second-order valence-electron chi connectivity index (χ2n) is 5.25. The molecule has 0 fully saturated rings. The van der Waals surface area contributed by atoms with E-state index in [0.717, 1.165) is 0 Å². The molecule has 1 aromatic heterocycles. The van der Waals surface area contributed by atoms with Crippen LogP contribution in [0.5, 0.6) is 5.75 Å². The van der Waals surface area contributed by atoms with Crippen molar-refractivity contribution >= 4 is 17.5 Å². The van der Waals surface area contributed by atoms with Crippen molar-refractivity contribution in [1.29, 1.82) is 0 Å². The van der Waals surface area contributed by atoms with Crippen LogP contribution >= 0.6 is 11.6 Å². The standard InChI is InChI=1S/C16H21ClN2O4/c1-16(2,6-5-7-21-3)19-15(20)14(11-22-4)23-13-8-12(17)9-18-10-13/h8-10,14H,7,11H2,1-4H3,(H,19,20). The molecule has 1 N–H and O–H groups in total. The Balaban J connectivity index is 2.76. The lowest BCUT2D eigenvalue weighted by molar-refractivity contribution is -0.131. The van der Waals surface area contributed by atoms with Crippen LogP contribution in [0.15, 0.2) is 18.5 Å². The van der Waals surface area contributed by atoms with E-state index in [1.165, 1.54) is 19.5 Å². The molecule has 1 unspecified atom stereocenters. The maximum atomic E-state index is 12.4. The van der Waals surface area contributed by atoms with Crippen LogP contribution in [0.3, 0.4) is 0 Å². The van der Waals surface area contributed by atoms with E-state index in [1.807, 2.05) is 0 Å². The summed E-state index contributed by atoms with van der Waals surface area (Å²) < 4.78 is 15.5. The van der Waals surface area contributed by atoms with E-state index in [0.29, 0.717) is 17.4 Å². The molecule has 0 spiro atoms. The number of carbonyl (C=O) groups is 1. The van der Waals surface area contributed by atoms with E-state index in [-0.39, 0.29) is 12.5 Å². The Labute approximate surface area is 141 Å². The molecule has 0 aromatic carbocycles. The van der Waals surface area contributed by atoms with Crippen molar-refractivity contribution in [3.05, 3.63) is 23.5 Å². The smallest absolute Gasteiger partial charge is 0.264 e. The largest absolute Gasteiger partial charge is 0.476 e. The van der Waals surface area contributed by atoms with Crippen molar-refractivity contribution in [2.75, 3.05) is 27.4 Å². The highest BCUT2D eigenvalue weighted by atomic mass is 35.5. The zero-order valence-corrected chi connectivity index (χ0v) is 14.4. The predicted octanol–water partition coefficient (Wildman–Crippen LogP) is 1.67. The Bertz CT molecular complexity index is 581. The van der Waals surface area contributed by atoms with Gasteiger partial charge in [0.05, 0.1) is 23.4 Å². The number of nitrogens with zero attached hydrogens (tertiary/aromatic N) is 1. The van der Waals surface area contributed by atoms with Crippen molar-refractivity contribution in [2.45, 2.75) is 25.5 Å². The predicted molar refractivity (Wildman–Crippen MR) is 87.4 cm³/mol. The van der Waals surface area contributed by atoms with Crippen molar-refractivity contribution in [3.8, 4) is 17.6 Å². The Morgan fingerprint density at radius 2 is 2.13 bits per heavy atom. The second-order valence-corrected chi connectivity index (χ2v) is 5.69. The lowest BCUT2D eigenvalue weighted by Gasteiger charge is -2.24. The summed E-state index contributed by atoms with van der Waals surface area (Å²) in [5.74, 6) is 5.79. The lowest BCUT2D eigenvalue weighted by atomic mass is 10.1. The van der Waals surface area contributed by atoms with Gasteiger partial charge in [-0.05, 0) is 13.8 Å². The molecule has 0 radical (unpaired) electrons. The summed E-state index contributed by atoms with van der Waals surface area (Å²) in [5.41, 5.74) is -0.725. The number of ether oxygens (including phenoxy) is 3. The summed E-state index contributed by atoms with van der Waals surface area (Å²) in [7, 11) is 3.05. The van der Waals surface area contributed by atoms with Crippen LogP contribution in [0.2, 0.25) is 5.02 Å². The third-order valence-electron chi connectivity index (χ3n) is 2.62. The van der Waals surface area contributed by atoms with Gasteiger partial charge in [-0.2, -0.15) is 0 Å². The second kappa shape index (κ2) is 9.36. The molecule has 6 nitrogen and oxygen atoms in total. The van der Waals surface area contributed by atoms with Gasteiger partial charge in [0.15, 0.2) is 6.10 Å². The summed E-state index contributed by atoms with van der Waals surface area (Å²) >= 11 is 5.86. The SMILES string of the molecule is COCC#CC(C)(C)NC(=O)C(COC)Oc1cncc(Cl)c1. The number of rotatable bonds is 7. The van der Waals surface area contributed by atoms with Gasteiger partial charge in [-0.25, -0.2) is 0 Å². The zero-order chi connectivity index (χ0) is 17.3. The van der Waals surface area contributed by atoms with Gasteiger partial charge in [0, 0.05) is 26.5 Å². The van der Waals surface area contributed by atoms with E-state index in [9.17, 15) is 4.79 Å². The van der Waals surface area contributed by atoms with E-state index in [2.05, 4.69) is 22.1 Å². The molecule has 0 bridgehead atoms. The molecule has 1 heterocycles. The Morgan fingerprint density at radius 1 is 1.39 bits per heavy atom. The first-order valence-corrected chi connectivity index (χ1v) is 7.33. The normalized spacial score (nSPS) is 12.0. The minimum Gasteiger partial charge on any atom is -0.476 e. The van der Waals surface area contributed by atoms with Gasteiger partial charge in [-0.3, -0.25) is 9.78 Å². The minimum absolute atomic E-state index is 0.0833. The topological polar surface area (TPSA) is 69.7 Å². The first kappa shape index (κ1) is 19.2. The van der Waals surface area contributed by atoms with Crippen LogP contribution in [-0.2, 0) is 14.3 Å². The fraction of sp³-hybridized carbons (Fsp3) is 0.500. The minimum atomic E-state index is -0.844. The number of aromatic nitrogens is 1. The number of halogens is 1. The van der Waals surface area contributed by atoms with Crippen molar-refractivity contribution in [3.63, 3.8) is 0 Å². The third-order valence-corrected chi connectivity index (χ3v) is 2.83. The first-order chi connectivity index (χ1) is 10.9. The Hall–Kier alpha value is -1.81. The van der Waals surface area contributed by atoms with E-state index >= 15 is 0 Å². The van der Waals surface area contributed by atoms with Gasteiger partial charge >= 0.3 is 0 Å². The monoisotopic (exact) mass is 340 g/mol. The molecule has 0 saturated heterocycles. The molecule has 1 aromatic rings. The molecule has 1 atom stereocenters. The van der Waals surface area contributed by atoms with Crippen molar-refractivity contribution < 1.29 is 19.0 Å². The van der Waals surface area contributed by atoms with Crippen LogP contribution < -0.4 is 10.1 Å². The highest BCUT2D eigenvalue weighted by Crippen LogP contribution is 2.17. The molecule has 1 amide bonds. The maximum Gasteiger partial charge on any atom is 0.264 e. The fourth-order valence-electron chi connectivity index (χ4n) is 1.68. The number of methoxy groups -OCH3 is 2. The van der Waals surface area contributed by atoms with Crippen LogP contribution in [0, 0.1) is 11.8 Å². The maximum absolute atomic E-state index is 12.4. The van der Waals surface area contributed by atoms with Crippen LogP contribution in [0.1, 0.15) is 13.8 Å². The van der Waals surface area contributed by atoms with Gasteiger partial charge in [0.1, 0.15) is 12.4 Å². The summed E-state index contributed by atoms with van der Waals surface area (Å²) in [5, 5.41) is 3.23. The highest BCUT2D eigenvalue weighted by Gasteiger charge is 2.26. The van der Waals surface area contributed by atoms with Crippen molar-refractivity contribution in [2.24, 2.45) is 0 Å². The van der Waals surface area contributed by atoms with Gasteiger partial charge in [0.25, 0.3) is 5.91 Å². The number of hydrogen-bond acceptors (Lipinski definition) is 5. The highest BCUT2D eigenvalue weighted by molar-refractivity contribution is 6.30. The van der Waals surface area contributed by atoms with Crippen LogP contribution in [-0.4, -0.2) is 50.0 Å². The Kier molecular flexibility index (Phi) is 7.83. The van der Waals surface area contributed by atoms with Crippen LogP contribution in [0.25, 0.3) is 0 Å². The number of amides is 1. The lowest BCUT2D eigenvalue weighted by Crippen LogP contribution is -2.50. The molecule has 23 heavy (non-hydrogen) atoms. The number of hydrogen-bond donors (Lipinski definition) is 1. The zero-order valence-electron chi connectivity index (χ0n) is 13.7. The van der Waals surface area contributed by atoms with E-state index in [1.54, 1.807) is 27.0 Å². The number of pyridine rings is 1. The molecule has 0 aliphatic rings. The molecule has 0 aliphatic carbocycles. The van der Waals surface area contributed by atoms with Gasteiger partial charge < -0.3 is 19.5 Å². The third kappa shape index (κ3) is 7.33. The molecular weight excluding hydrogens is 320 g/mol. The molecule has 1 rings (SSSR count). The van der Waals surface area contributed by atoms with Gasteiger partial charge in [-0.15, -0.1) is 0 Å². The average Bonchev–Trinajstić information content (AvgIpc) is 2.46. The average molecular weight is 341 g/mol. The first-order valence-electron chi connectivity index (χ1n) is 6.95. The summed E-state index contributed by atoms with van der Waals surface area (Å²) in [4.78, 5) is 16.3. The quantitative estimate of drug-likeness (QED) is 0.765. The Morgan fingerprint density at radius 3 is 2.74 bits per heavy atom. The fourth-order valence-corrected chi connectivity index (χ4v) is 1.85. The van der Waals surface area contributed by atoms with E-state index < -0.39 is 11.6 Å². The van der Waals surface area contributed by atoms with Crippen molar-refractivity contribution in [1.82, 2.24) is 10.3 Å². The summed E-state index contributed by atoms with van der Waals surface area (Å²) in [6, 6.07) is 1.58. The van der Waals surface area contributed by atoms with Crippen LogP contribution in [0.4, 0.5) is 0 Å². The molecular formula is C16H21ClN2O4. The summed E-state index contributed by atoms with van der Waals surface area (Å²) in [6.45, 7) is 3.96.